The Bertz CT molecular complexity index is 1140. The number of amides is 1. The van der Waals surface area contributed by atoms with Crippen LogP contribution in [0.1, 0.15) is 67.2 Å². The van der Waals surface area contributed by atoms with Gasteiger partial charge >= 0.3 is 0 Å². The molecule has 7 heteroatoms. The molecule has 3 saturated heterocycles. The number of piperidine rings is 1. The van der Waals surface area contributed by atoms with Crippen molar-refractivity contribution in [2.45, 2.75) is 83.0 Å². The minimum absolute atomic E-state index is 0.273. The first-order chi connectivity index (χ1) is 17.8. The molecule has 3 aliphatic heterocycles. The van der Waals surface area contributed by atoms with Crippen LogP contribution in [-0.2, 0) is 16.9 Å². The summed E-state index contributed by atoms with van der Waals surface area (Å²) in [5.41, 5.74) is 3.82. The van der Waals surface area contributed by atoms with E-state index in [9.17, 15) is 9.90 Å². The molecule has 3 aliphatic rings. The molecule has 3 heterocycles. The zero-order chi connectivity index (χ0) is 26.2. The van der Waals surface area contributed by atoms with Crippen LogP contribution in [0.5, 0.6) is 11.5 Å². The van der Waals surface area contributed by atoms with E-state index in [1.54, 1.807) is 7.11 Å². The zero-order valence-electron chi connectivity index (χ0n) is 22.3. The second-order valence-electron chi connectivity index (χ2n) is 11.0. The molecule has 1 N–H and O–H groups in total. The Morgan fingerprint density at radius 2 is 1.84 bits per heavy atom. The van der Waals surface area contributed by atoms with E-state index in [4.69, 9.17) is 21.1 Å². The molecule has 0 saturated carbocycles. The normalized spacial score (nSPS) is 25.6. The van der Waals surface area contributed by atoms with Crippen LogP contribution in [0.15, 0.2) is 30.3 Å². The molecular weight excluding hydrogens is 488 g/mol. The summed E-state index contributed by atoms with van der Waals surface area (Å²) in [6.45, 7) is 7.49. The number of carbonyl (C=O) groups excluding carboxylic acids is 1. The molecule has 1 amide bonds. The number of rotatable bonds is 9. The lowest BCUT2D eigenvalue weighted by Gasteiger charge is -2.44. The van der Waals surface area contributed by atoms with Crippen molar-refractivity contribution in [2.75, 3.05) is 26.8 Å². The van der Waals surface area contributed by atoms with E-state index in [0.29, 0.717) is 48.7 Å². The molecule has 2 atom stereocenters. The predicted octanol–water partition coefficient (Wildman–Crippen LogP) is 5.37. The Kier molecular flexibility index (Phi) is 7.71. The summed E-state index contributed by atoms with van der Waals surface area (Å²) < 4.78 is 11.5. The van der Waals surface area contributed by atoms with E-state index in [1.807, 2.05) is 23.1 Å². The molecule has 37 heavy (non-hydrogen) atoms. The molecular formula is C30H39ClN2O4. The van der Waals surface area contributed by atoms with Crippen LogP contribution in [0.4, 0.5) is 0 Å². The summed E-state index contributed by atoms with van der Waals surface area (Å²) in [5.74, 6) is 1.82. The molecule has 2 aromatic carbocycles. The molecule has 2 bridgehead atoms. The molecule has 3 fully saturated rings. The van der Waals surface area contributed by atoms with Gasteiger partial charge in [-0.2, -0.15) is 0 Å². The van der Waals surface area contributed by atoms with Crippen molar-refractivity contribution in [1.29, 1.82) is 0 Å². The van der Waals surface area contributed by atoms with Crippen molar-refractivity contribution < 1.29 is 19.4 Å². The van der Waals surface area contributed by atoms with E-state index in [2.05, 4.69) is 30.9 Å². The highest BCUT2D eigenvalue weighted by molar-refractivity contribution is 6.32. The van der Waals surface area contributed by atoms with E-state index in [0.717, 1.165) is 56.6 Å². The number of benzene rings is 2. The van der Waals surface area contributed by atoms with Gasteiger partial charge in [-0.15, -0.1) is 0 Å². The summed E-state index contributed by atoms with van der Waals surface area (Å²) in [7, 11) is 1.61. The average Bonchev–Trinajstić information content (AvgIpc) is 3.40. The van der Waals surface area contributed by atoms with Gasteiger partial charge < -0.3 is 19.5 Å². The monoisotopic (exact) mass is 526 g/mol. The highest BCUT2D eigenvalue weighted by Gasteiger charge is 2.48. The topological polar surface area (TPSA) is 62.2 Å². The third-order valence-electron chi connectivity index (χ3n) is 8.81. The van der Waals surface area contributed by atoms with Crippen LogP contribution in [0, 0.1) is 13.8 Å². The fourth-order valence-corrected chi connectivity index (χ4v) is 6.71. The van der Waals surface area contributed by atoms with Gasteiger partial charge in [-0.1, -0.05) is 23.7 Å². The largest absolute Gasteiger partial charge is 0.495 e. The first kappa shape index (κ1) is 26.3. The maximum Gasteiger partial charge on any atom is 0.222 e. The lowest BCUT2D eigenvalue weighted by Crippen LogP contribution is -2.49. The van der Waals surface area contributed by atoms with Gasteiger partial charge in [0.2, 0.25) is 5.91 Å². The van der Waals surface area contributed by atoms with E-state index in [1.165, 1.54) is 16.7 Å². The standard InChI is InChI=1S/C30H39ClN2O4/c1-20-21(2)27(37-15-5-14-32-13-4-6-29(32)34)12-7-22(20)19-33-24-9-10-25(33)18-30(35,17-24)23-8-11-26(31)28(16-23)36-3/h7-8,11-12,16,24-25,35H,4-6,9-10,13-15,17-19H2,1-3H3. The Hall–Kier alpha value is -2.28. The first-order valence-corrected chi connectivity index (χ1v) is 14.0. The van der Waals surface area contributed by atoms with Crippen molar-refractivity contribution in [1.82, 2.24) is 9.80 Å². The number of hydrogen-bond acceptors (Lipinski definition) is 5. The molecule has 0 aromatic heterocycles. The van der Waals surface area contributed by atoms with Crippen LogP contribution >= 0.6 is 11.6 Å². The average molecular weight is 527 g/mol. The van der Waals surface area contributed by atoms with Gasteiger partial charge in [0, 0.05) is 38.1 Å². The number of nitrogens with zero attached hydrogens (tertiary/aromatic N) is 2. The number of fused-ring (bicyclic) bond motifs is 2. The SMILES string of the molecule is COc1cc(C2(O)CC3CCC(C2)N3Cc2ccc(OCCCN3CCCC3=O)c(C)c2C)ccc1Cl. The van der Waals surface area contributed by atoms with Gasteiger partial charge in [0.1, 0.15) is 11.5 Å². The molecule has 0 aliphatic carbocycles. The fourth-order valence-electron chi connectivity index (χ4n) is 6.51. The lowest BCUT2D eigenvalue weighted by atomic mass is 9.80. The van der Waals surface area contributed by atoms with Crippen LogP contribution < -0.4 is 9.47 Å². The minimum Gasteiger partial charge on any atom is -0.495 e. The summed E-state index contributed by atoms with van der Waals surface area (Å²) >= 11 is 6.23. The minimum atomic E-state index is -0.859. The molecule has 200 valence electrons. The molecule has 0 spiro atoms. The molecule has 0 radical (unpaired) electrons. The third kappa shape index (κ3) is 5.34. The Balaban J connectivity index is 1.21. The number of halogens is 1. The summed E-state index contributed by atoms with van der Waals surface area (Å²) in [5, 5.41) is 12.2. The maximum absolute atomic E-state index is 11.8. The first-order valence-electron chi connectivity index (χ1n) is 13.6. The Morgan fingerprint density at radius 1 is 1.08 bits per heavy atom. The van der Waals surface area contributed by atoms with Gasteiger partial charge in [-0.25, -0.2) is 0 Å². The number of likely N-dealkylation sites (tertiary alicyclic amines) is 1. The quantitative estimate of drug-likeness (QED) is 0.445. The van der Waals surface area contributed by atoms with Gasteiger partial charge in [0.15, 0.2) is 0 Å². The van der Waals surface area contributed by atoms with Crippen LogP contribution in [0.25, 0.3) is 0 Å². The molecule has 2 unspecified atom stereocenters. The third-order valence-corrected chi connectivity index (χ3v) is 9.12. The van der Waals surface area contributed by atoms with E-state index >= 15 is 0 Å². The number of aliphatic hydroxyl groups is 1. The van der Waals surface area contributed by atoms with Crippen LogP contribution in [0.2, 0.25) is 5.02 Å². The highest BCUT2D eigenvalue weighted by atomic mass is 35.5. The van der Waals surface area contributed by atoms with Crippen LogP contribution in [0.3, 0.4) is 0 Å². The Labute approximate surface area is 225 Å². The molecule has 2 aromatic rings. The Morgan fingerprint density at radius 3 is 2.51 bits per heavy atom. The van der Waals surface area contributed by atoms with Gasteiger partial charge in [-0.3, -0.25) is 9.69 Å². The smallest absolute Gasteiger partial charge is 0.222 e. The zero-order valence-corrected chi connectivity index (χ0v) is 23.0. The van der Waals surface area contributed by atoms with Crippen molar-refractivity contribution in [3.63, 3.8) is 0 Å². The van der Waals surface area contributed by atoms with Gasteiger partial charge in [0.05, 0.1) is 24.3 Å². The fraction of sp³-hybridized carbons (Fsp3) is 0.567. The molecule has 5 rings (SSSR count). The number of ether oxygens (including phenoxy) is 2. The van der Waals surface area contributed by atoms with Crippen molar-refractivity contribution in [3.05, 3.63) is 57.6 Å². The van der Waals surface area contributed by atoms with Crippen molar-refractivity contribution in [3.8, 4) is 11.5 Å². The second kappa shape index (κ2) is 10.8. The van der Waals surface area contributed by atoms with E-state index < -0.39 is 5.60 Å². The highest BCUT2D eigenvalue weighted by Crippen LogP contribution is 2.47. The van der Waals surface area contributed by atoms with Crippen molar-refractivity contribution >= 4 is 17.5 Å². The summed E-state index contributed by atoms with van der Waals surface area (Å²) in [4.78, 5) is 16.3. The van der Waals surface area contributed by atoms with Gasteiger partial charge in [0.25, 0.3) is 0 Å². The number of hydrogen-bond donors (Lipinski definition) is 1. The second-order valence-corrected chi connectivity index (χ2v) is 11.4. The summed E-state index contributed by atoms with van der Waals surface area (Å²) in [6, 6.07) is 10.6. The summed E-state index contributed by atoms with van der Waals surface area (Å²) in [6.07, 6.45) is 6.17. The molecule has 6 nitrogen and oxygen atoms in total. The van der Waals surface area contributed by atoms with Crippen molar-refractivity contribution in [2.24, 2.45) is 0 Å². The predicted molar refractivity (Wildman–Crippen MR) is 145 cm³/mol. The maximum atomic E-state index is 11.8. The van der Waals surface area contributed by atoms with Gasteiger partial charge in [-0.05, 0) is 92.8 Å². The lowest BCUT2D eigenvalue weighted by molar-refractivity contribution is -0.127. The number of carbonyl (C=O) groups is 1. The van der Waals surface area contributed by atoms with E-state index in [-0.39, 0.29) is 5.91 Å². The number of methoxy groups -OCH3 is 1. The van der Waals surface area contributed by atoms with Crippen LogP contribution in [-0.4, -0.2) is 59.7 Å².